The molecule has 0 fully saturated rings. The third kappa shape index (κ3) is 2.85. The average Bonchev–Trinajstić information content (AvgIpc) is 3.12. The average molecular weight is 325 g/mol. The molecule has 0 aliphatic heterocycles. The molecule has 0 radical (unpaired) electrons. The summed E-state index contributed by atoms with van der Waals surface area (Å²) < 4.78 is 0. The zero-order valence-electron chi connectivity index (χ0n) is 13.9. The van der Waals surface area contributed by atoms with Gasteiger partial charge < -0.3 is 10.1 Å². The van der Waals surface area contributed by atoms with Gasteiger partial charge in [-0.2, -0.15) is 4.80 Å². The fourth-order valence-corrected chi connectivity index (χ4v) is 2.77. The van der Waals surface area contributed by atoms with Crippen LogP contribution in [-0.4, -0.2) is 42.7 Å². The van der Waals surface area contributed by atoms with Crippen LogP contribution < -0.4 is 0 Å². The van der Waals surface area contributed by atoms with E-state index in [0.717, 1.165) is 16.8 Å². The molecule has 2 aromatic heterocycles. The molecule has 0 bridgehead atoms. The summed E-state index contributed by atoms with van der Waals surface area (Å²) in [4.78, 5) is 17.4. The molecular formula is C17H19N5O2. The number of aromatic nitrogens is 5. The molecule has 0 saturated carbocycles. The quantitative estimate of drug-likeness (QED) is 0.697. The zero-order chi connectivity index (χ0) is 17.3. The fourth-order valence-electron chi connectivity index (χ4n) is 2.77. The first-order chi connectivity index (χ1) is 11.5. The Labute approximate surface area is 139 Å². The number of carbonyl (C=O) groups excluding carboxylic acids is 1. The number of aliphatic hydroxyl groups is 1. The van der Waals surface area contributed by atoms with Crippen LogP contribution in [0.4, 0.5) is 0 Å². The highest BCUT2D eigenvalue weighted by Gasteiger charge is 2.22. The van der Waals surface area contributed by atoms with E-state index < -0.39 is 0 Å². The number of aryl methyl sites for hydroxylation is 2. The summed E-state index contributed by atoms with van der Waals surface area (Å²) in [7, 11) is 0. The van der Waals surface area contributed by atoms with E-state index in [1.807, 2.05) is 45.0 Å². The van der Waals surface area contributed by atoms with Crippen molar-refractivity contribution >= 4 is 5.78 Å². The van der Waals surface area contributed by atoms with Gasteiger partial charge in [-0.15, -0.1) is 10.2 Å². The van der Waals surface area contributed by atoms with Crippen molar-refractivity contribution in [2.75, 3.05) is 6.61 Å². The molecule has 3 rings (SSSR count). The minimum atomic E-state index is -0.0599. The second-order valence-corrected chi connectivity index (χ2v) is 5.76. The van der Waals surface area contributed by atoms with Crippen LogP contribution in [-0.2, 0) is 6.54 Å². The minimum absolute atomic E-state index is 0.0287. The summed E-state index contributed by atoms with van der Waals surface area (Å²) in [6, 6.07) is 7.53. The minimum Gasteiger partial charge on any atom is -0.394 e. The molecule has 0 saturated heterocycles. The van der Waals surface area contributed by atoms with Gasteiger partial charge >= 0.3 is 0 Å². The van der Waals surface area contributed by atoms with Crippen LogP contribution in [0.1, 0.15) is 32.7 Å². The largest absolute Gasteiger partial charge is 0.394 e. The first-order valence-electron chi connectivity index (χ1n) is 7.71. The third-order valence-corrected chi connectivity index (χ3v) is 3.92. The first kappa shape index (κ1) is 16.1. The molecule has 2 heterocycles. The Bertz CT molecular complexity index is 894. The summed E-state index contributed by atoms with van der Waals surface area (Å²) >= 11 is 0. The molecule has 0 unspecified atom stereocenters. The van der Waals surface area contributed by atoms with Gasteiger partial charge in [0.1, 0.15) is 0 Å². The number of benzene rings is 1. The van der Waals surface area contributed by atoms with Crippen molar-refractivity contribution in [1.82, 2.24) is 25.2 Å². The molecule has 24 heavy (non-hydrogen) atoms. The Morgan fingerprint density at radius 3 is 2.79 bits per heavy atom. The van der Waals surface area contributed by atoms with Gasteiger partial charge in [0.2, 0.25) is 5.82 Å². The smallest absolute Gasteiger partial charge is 0.221 e. The van der Waals surface area contributed by atoms with Gasteiger partial charge in [-0.3, -0.25) is 4.79 Å². The molecule has 0 aliphatic carbocycles. The maximum absolute atomic E-state index is 12.9. The van der Waals surface area contributed by atoms with Gasteiger partial charge in [0, 0.05) is 16.8 Å². The number of aliphatic hydroxyl groups excluding tert-OH is 1. The van der Waals surface area contributed by atoms with Gasteiger partial charge in [0.05, 0.1) is 18.8 Å². The summed E-state index contributed by atoms with van der Waals surface area (Å²) in [5.41, 5.74) is 4.57. The Morgan fingerprint density at radius 1 is 1.29 bits per heavy atom. The predicted octanol–water partition coefficient (Wildman–Crippen LogP) is 1.82. The first-order valence-corrected chi connectivity index (χ1v) is 7.71. The van der Waals surface area contributed by atoms with Crippen LogP contribution in [0, 0.1) is 20.8 Å². The molecule has 7 nitrogen and oxygen atoms in total. The van der Waals surface area contributed by atoms with Crippen LogP contribution in [0.25, 0.3) is 11.5 Å². The standard InChI is InChI=1S/C17H19N5O2/c1-10-5-4-6-13(9-10)16(24)14-11(2)15(18-12(14)3)17-19-21-22(20-17)7-8-23/h4-6,9,18,23H,7-8H2,1-3H3. The van der Waals surface area contributed by atoms with Crippen molar-refractivity contribution in [3.8, 4) is 11.5 Å². The summed E-state index contributed by atoms with van der Waals surface area (Å²) in [5, 5.41) is 21.0. The van der Waals surface area contributed by atoms with Crippen LogP contribution in [0.3, 0.4) is 0 Å². The highest BCUT2D eigenvalue weighted by molar-refractivity contribution is 6.11. The van der Waals surface area contributed by atoms with Gasteiger partial charge in [-0.1, -0.05) is 23.8 Å². The molecule has 0 atom stereocenters. The van der Waals surface area contributed by atoms with Crippen LogP contribution in [0.15, 0.2) is 24.3 Å². The van der Waals surface area contributed by atoms with Crippen molar-refractivity contribution in [3.63, 3.8) is 0 Å². The van der Waals surface area contributed by atoms with Crippen molar-refractivity contribution in [2.24, 2.45) is 0 Å². The summed E-state index contributed by atoms with van der Waals surface area (Å²) in [6.07, 6.45) is 0. The lowest BCUT2D eigenvalue weighted by Gasteiger charge is -2.03. The second-order valence-electron chi connectivity index (χ2n) is 5.76. The van der Waals surface area contributed by atoms with Crippen molar-refractivity contribution in [3.05, 3.63) is 52.2 Å². The van der Waals surface area contributed by atoms with Crippen molar-refractivity contribution in [2.45, 2.75) is 27.3 Å². The molecule has 3 aromatic rings. The Morgan fingerprint density at radius 2 is 2.08 bits per heavy atom. The van der Waals surface area contributed by atoms with E-state index in [4.69, 9.17) is 5.11 Å². The summed E-state index contributed by atoms with van der Waals surface area (Å²) in [5.74, 6) is 0.381. The van der Waals surface area contributed by atoms with Crippen molar-refractivity contribution in [1.29, 1.82) is 0 Å². The lowest BCUT2D eigenvalue weighted by Crippen LogP contribution is -2.05. The third-order valence-electron chi connectivity index (χ3n) is 3.92. The maximum Gasteiger partial charge on any atom is 0.221 e. The van der Waals surface area contributed by atoms with Gasteiger partial charge in [-0.25, -0.2) is 0 Å². The topological polar surface area (TPSA) is 96.7 Å². The molecule has 0 amide bonds. The number of carbonyl (C=O) groups is 1. The zero-order valence-corrected chi connectivity index (χ0v) is 13.9. The molecule has 0 spiro atoms. The number of ketones is 1. The number of nitrogens with zero attached hydrogens (tertiary/aromatic N) is 4. The normalized spacial score (nSPS) is 11.0. The maximum atomic E-state index is 12.9. The van der Waals surface area contributed by atoms with Crippen LogP contribution in [0.2, 0.25) is 0 Å². The Balaban J connectivity index is 2.01. The lowest BCUT2D eigenvalue weighted by molar-refractivity contribution is 0.103. The fraction of sp³-hybridized carbons (Fsp3) is 0.294. The number of aromatic amines is 1. The number of tetrazole rings is 1. The number of rotatable bonds is 5. The van der Waals surface area contributed by atoms with E-state index >= 15 is 0 Å². The van der Waals surface area contributed by atoms with Gasteiger partial charge in [-0.05, 0) is 37.6 Å². The van der Waals surface area contributed by atoms with Gasteiger partial charge in [0.25, 0.3) is 0 Å². The molecule has 0 aliphatic rings. The predicted molar refractivity (Wildman–Crippen MR) is 88.8 cm³/mol. The lowest BCUT2D eigenvalue weighted by atomic mass is 9.98. The SMILES string of the molecule is Cc1cccc(C(=O)c2c(C)[nH]c(-c3nnn(CCO)n3)c2C)c1. The molecule has 2 N–H and O–H groups in total. The number of hydrogen-bond acceptors (Lipinski definition) is 5. The Kier molecular flexibility index (Phi) is 4.26. The molecule has 7 heteroatoms. The van der Waals surface area contributed by atoms with E-state index in [1.165, 1.54) is 4.80 Å². The van der Waals surface area contributed by atoms with E-state index in [2.05, 4.69) is 20.4 Å². The highest BCUT2D eigenvalue weighted by atomic mass is 16.3. The summed E-state index contributed by atoms with van der Waals surface area (Å²) in [6.45, 7) is 5.91. The monoisotopic (exact) mass is 325 g/mol. The van der Waals surface area contributed by atoms with E-state index in [9.17, 15) is 4.79 Å². The Hall–Kier alpha value is -2.80. The van der Waals surface area contributed by atoms with Crippen LogP contribution in [0.5, 0.6) is 0 Å². The van der Waals surface area contributed by atoms with Gasteiger partial charge in [0.15, 0.2) is 5.78 Å². The number of H-pyrrole nitrogens is 1. The van der Waals surface area contributed by atoms with Crippen molar-refractivity contribution < 1.29 is 9.90 Å². The molecule has 1 aromatic carbocycles. The van der Waals surface area contributed by atoms with E-state index in [0.29, 0.717) is 22.6 Å². The molecular weight excluding hydrogens is 306 g/mol. The van der Waals surface area contributed by atoms with E-state index in [1.54, 1.807) is 0 Å². The highest BCUT2D eigenvalue weighted by Crippen LogP contribution is 2.27. The number of hydrogen-bond donors (Lipinski definition) is 2. The molecule has 124 valence electrons. The second kappa shape index (κ2) is 6.37. The number of nitrogens with one attached hydrogen (secondary N) is 1. The van der Waals surface area contributed by atoms with E-state index in [-0.39, 0.29) is 18.9 Å². The van der Waals surface area contributed by atoms with Crippen LogP contribution >= 0.6 is 0 Å².